The van der Waals surface area contributed by atoms with Gasteiger partial charge in [-0.15, -0.1) is 0 Å². The van der Waals surface area contributed by atoms with Crippen molar-refractivity contribution in [1.82, 2.24) is 4.90 Å². The van der Waals surface area contributed by atoms with E-state index in [0.29, 0.717) is 11.8 Å². The van der Waals surface area contributed by atoms with E-state index in [4.69, 9.17) is 5.11 Å². The van der Waals surface area contributed by atoms with E-state index in [9.17, 15) is 9.59 Å². The Morgan fingerprint density at radius 1 is 0.875 bits per heavy atom. The van der Waals surface area contributed by atoms with Crippen LogP contribution in [0.25, 0.3) is 0 Å². The number of unbranched alkanes of at least 4 members (excludes halogenated alkanes) is 2. The Morgan fingerprint density at radius 3 is 1.67 bits per heavy atom. The van der Waals surface area contributed by atoms with Crippen LogP contribution in [-0.4, -0.2) is 35.0 Å². The fourth-order valence-corrected chi connectivity index (χ4v) is 2.96. The highest BCUT2D eigenvalue weighted by molar-refractivity contribution is 5.93. The Balaban J connectivity index is 4.97. The summed E-state index contributed by atoms with van der Waals surface area (Å²) in [5, 5.41) is 8.77. The molecule has 0 aliphatic heterocycles. The number of amides is 1. The number of nitrogens with zero attached hydrogens (tertiary/aromatic N) is 1. The molecule has 0 aromatic heterocycles. The quantitative estimate of drug-likeness (QED) is 0.458. The average Bonchev–Trinajstić information content (AvgIpc) is 2.58. The molecule has 2 unspecified atom stereocenters. The number of carbonyl (C=O) groups excluding carboxylic acids is 1. The molecule has 0 spiro atoms. The molecule has 0 fully saturated rings. The van der Waals surface area contributed by atoms with Gasteiger partial charge in [0.1, 0.15) is 0 Å². The molecular formula is C20H37NO3. The van der Waals surface area contributed by atoms with Gasteiger partial charge >= 0.3 is 5.97 Å². The number of carboxylic acids is 1. The average molecular weight is 340 g/mol. The third-order valence-electron chi connectivity index (χ3n) is 4.72. The molecular weight excluding hydrogens is 302 g/mol. The second kappa shape index (κ2) is 14.1. The van der Waals surface area contributed by atoms with Gasteiger partial charge in [0, 0.05) is 25.2 Å². The van der Waals surface area contributed by atoms with Crippen LogP contribution in [0.2, 0.25) is 0 Å². The van der Waals surface area contributed by atoms with Crippen molar-refractivity contribution in [3.05, 3.63) is 12.2 Å². The fourth-order valence-electron chi connectivity index (χ4n) is 2.96. The smallest absolute Gasteiger partial charge is 0.328 e. The largest absolute Gasteiger partial charge is 0.478 e. The first-order valence-electron chi connectivity index (χ1n) is 9.68. The van der Waals surface area contributed by atoms with E-state index in [2.05, 4.69) is 27.7 Å². The molecule has 0 radical (unpaired) electrons. The minimum atomic E-state index is -1.07. The van der Waals surface area contributed by atoms with Gasteiger partial charge in [-0.25, -0.2) is 4.79 Å². The molecule has 0 aliphatic rings. The van der Waals surface area contributed by atoms with E-state index in [1.165, 1.54) is 18.9 Å². The Morgan fingerprint density at radius 2 is 1.33 bits per heavy atom. The molecule has 4 nitrogen and oxygen atoms in total. The third-order valence-corrected chi connectivity index (χ3v) is 4.72. The predicted molar refractivity (Wildman–Crippen MR) is 100.0 cm³/mol. The number of hydrogen-bond donors (Lipinski definition) is 1. The highest BCUT2D eigenvalue weighted by atomic mass is 16.4. The van der Waals surface area contributed by atoms with Crippen LogP contribution < -0.4 is 0 Å². The summed E-state index contributed by atoms with van der Waals surface area (Å²) in [6.07, 6.45) is 11.2. The molecule has 0 saturated carbocycles. The number of carbonyl (C=O) groups is 2. The van der Waals surface area contributed by atoms with Gasteiger partial charge < -0.3 is 10.0 Å². The van der Waals surface area contributed by atoms with Crippen molar-refractivity contribution in [3.63, 3.8) is 0 Å². The van der Waals surface area contributed by atoms with Gasteiger partial charge in [-0.3, -0.25) is 4.79 Å². The maximum atomic E-state index is 12.5. The lowest BCUT2D eigenvalue weighted by Gasteiger charge is -2.30. The van der Waals surface area contributed by atoms with Crippen LogP contribution in [0.5, 0.6) is 0 Å². The lowest BCUT2D eigenvalue weighted by molar-refractivity contribution is -0.132. The van der Waals surface area contributed by atoms with Crippen LogP contribution in [0, 0.1) is 11.8 Å². The highest BCUT2D eigenvalue weighted by Gasteiger charge is 2.20. The first-order chi connectivity index (χ1) is 11.5. The molecule has 0 aromatic carbocycles. The van der Waals surface area contributed by atoms with Crippen LogP contribution in [0.15, 0.2) is 12.2 Å². The predicted octanol–water partition coefficient (Wildman–Crippen LogP) is 4.89. The van der Waals surface area contributed by atoms with Crippen molar-refractivity contribution in [2.75, 3.05) is 13.1 Å². The summed E-state index contributed by atoms with van der Waals surface area (Å²) in [6.45, 7) is 10.2. The molecule has 0 bridgehead atoms. The van der Waals surface area contributed by atoms with E-state index in [-0.39, 0.29) is 5.91 Å². The van der Waals surface area contributed by atoms with Crippen LogP contribution in [0.3, 0.4) is 0 Å². The van der Waals surface area contributed by atoms with Crippen LogP contribution in [0.1, 0.15) is 79.1 Å². The molecule has 0 rings (SSSR count). The minimum Gasteiger partial charge on any atom is -0.478 e. The third kappa shape index (κ3) is 10.5. The fraction of sp³-hybridized carbons (Fsp3) is 0.800. The normalized spacial score (nSPS) is 13.8. The van der Waals surface area contributed by atoms with E-state index >= 15 is 0 Å². The minimum absolute atomic E-state index is 0.165. The van der Waals surface area contributed by atoms with Crippen molar-refractivity contribution in [3.8, 4) is 0 Å². The van der Waals surface area contributed by atoms with Crippen molar-refractivity contribution < 1.29 is 14.7 Å². The topological polar surface area (TPSA) is 57.6 Å². The zero-order valence-electron chi connectivity index (χ0n) is 16.1. The molecule has 0 aromatic rings. The summed E-state index contributed by atoms with van der Waals surface area (Å²) in [4.78, 5) is 25.1. The van der Waals surface area contributed by atoms with Crippen molar-refractivity contribution in [2.45, 2.75) is 79.1 Å². The Labute approximate surface area is 148 Å². The zero-order chi connectivity index (χ0) is 18.4. The second-order valence-corrected chi connectivity index (χ2v) is 6.75. The van der Waals surface area contributed by atoms with E-state index in [1.54, 1.807) is 0 Å². The Hall–Kier alpha value is -1.32. The van der Waals surface area contributed by atoms with E-state index in [1.807, 2.05) is 4.90 Å². The summed E-state index contributed by atoms with van der Waals surface area (Å²) < 4.78 is 0. The van der Waals surface area contributed by atoms with Gasteiger partial charge in [0.2, 0.25) is 5.91 Å². The number of aliphatic carboxylic acids is 1. The summed E-state index contributed by atoms with van der Waals surface area (Å²) in [5.74, 6) is -0.242. The summed E-state index contributed by atoms with van der Waals surface area (Å²) in [7, 11) is 0. The second-order valence-electron chi connectivity index (χ2n) is 6.75. The van der Waals surface area contributed by atoms with Crippen molar-refractivity contribution >= 4 is 11.9 Å². The molecule has 1 N–H and O–H groups in total. The molecule has 140 valence electrons. The maximum Gasteiger partial charge on any atom is 0.328 e. The molecule has 24 heavy (non-hydrogen) atoms. The number of hydrogen-bond acceptors (Lipinski definition) is 2. The molecule has 1 amide bonds. The van der Waals surface area contributed by atoms with Crippen LogP contribution in [0.4, 0.5) is 0 Å². The van der Waals surface area contributed by atoms with Gasteiger partial charge in [-0.05, 0) is 24.7 Å². The zero-order valence-corrected chi connectivity index (χ0v) is 16.1. The number of rotatable bonds is 14. The van der Waals surface area contributed by atoms with Gasteiger partial charge in [-0.1, -0.05) is 66.2 Å². The lowest BCUT2D eigenvalue weighted by atomic mass is 9.95. The molecule has 0 heterocycles. The van der Waals surface area contributed by atoms with Crippen molar-refractivity contribution in [2.24, 2.45) is 11.8 Å². The van der Waals surface area contributed by atoms with Gasteiger partial charge in [0.15, 0.2) is 0 Å². The summed E-state index contributed by atoms with van der Waals surface area (Å²) in [6, 6.07) is 0. The summed E-state index contributed by atoms with van der Waals surface area (Å²) >= 11 is 0. The number of carboxylic acid groups (broad SMARTS) is 1. The van der Waals surface area contributed by atoms with Gasteiger partial charge in [0.25, 0.3) is 0 Å². The van der Waals surface area contributed by atoms with Gasteiger partial charge in [-0.2, -0.15) is 0 Å². The first kappa shape index (κ1) is 22.7. The monoisotopic (exact) mass is 339 g/mol. The Bertz CT molecular complexity index is 361. The standard InChI is InChI=1S/C20H37NO3/c1-5-9-11-17(7-3)15-21(19(22)13-14-20(23)24)16-18(8-4)12-10-6-2/h13-14,17-18H,5-12,15-16H2,1-4H3,(H,23,24). The lowest BCUT2D eigenvalue weighted by Crippen LogP contribution is -2.38. The van der Waals surface area contributed by atoms with Gasteiger partial charge in [0.05, 0.1) is 0 Å². The van der Waals surface area contributed by atoms with Crippen molar-refractivity contribution in [1.29, 1.82) is 0 Å². The molecule has 2 atom stereocenters. The SMILES string of the molecule is CCCCC(CC)CN(CC(CC)CCCC)C(=O)C=CC(=O)O. The van der Waals surface area contributed by atoms with Crippen LogP contribution >= 0.6 is 0 Å². The van der Waals surface area contributed by atoms with E-state index < -0.39 is 5.97 Å². The van der Waals surface area contributed by atoms with Crippen LogP contribution in [-0.2, 0) is 9.59 Å². The maximum absolute atomic E-state index is 12.5. The molecule has 0 saturated heterocycles. The highest BCUT2D eigenvalue weighted by Crippen LogP contribution is 2.19. The first-order valence-corrected chi connectivity index (χ1v) is 9.68. The van der Waals surface area contributed by atoms with E-state index in [0.717, 1.165) is 57.7 Å². The summed E-state index contributed by atoms with van der Waals surface area (Å²) in [5.41, 5.74) is 0. The Kier molecular flexibility index (Phi) is 13.3. The molecule has 0 aliphatic carbocycles. The molecule has 4 heteroatoms.